The predicted molar refractivity (Wildman–Crippen MR) is 54.0 cm³/mol. The summed E-state index contributed by atoms with van der Waals surface area (Å²) in [4.78, 5) is 0. The second-order valence-electron chi connectivity index (χ2n) is 3.13. The van der Waals surface area contributed by atoms with Gasteiger partial charge in [0, 0.05) is 12.6 Å². The number of aromatic nitrogens is 2. The van der Waals surface area contributed by atoms with E-state index in [1.54, 1.807) is 26.1 Å². The Labute approximate surface area is 86.1 Å². The Morgan fingerprint density at radius 1 is 1.33 bits per heavy atom. The van der Waals surface area contributed by atoms with E-state index < -0.39 is 0 Å². The van der Waals surface area contributed by atoms with E-state index >= 15 is 0 Å². The molecule has 15 heavy (non-hydrogen) atoms. The van der Waals surface area contributed by atoms with Crippen LogP contribution in [-0.2, 0) is 0 Å². The number of hydrogen-bond acceptors (Lipinski definition) is 4. The van der Waals surface area contributed by atoms with E-state index in [1.807, 2.05) is 0 Å². The Bertz CT molecular complexity index is 481. The van der Waals surface area contributed by atoms with Gasteiger partial charge >= 0.3 is 6.01 Å². The molecular formula is C10H10FN3O. The minimum Gasteiger partial charge on any atom is -0.403 e. The zero-order valence-electron chi connectivity index (χ0n) is 8.41. The standard InChI is InChI=1S/C10H10FN3O/c1-6-3-4-7(5-8(6)11)9-13-14-10(12-2)15-9/h3-5H,1-2H3,(H,12,14). The van der Waals surface area contributed by atoms with Crippen molar-refractivity contribution in [1.29, 1.82) is 0 Å². The van der Waals surface area contributed by atoms with Gasteiger partial charge in [-0.15, -0.1) is 5.10 Å². The fraction of sp³-hybridized carbons (Fsp3) is 0.200. The molecule has 2 aromatic rings. The Balaban J connectivity index is 2.40. The molecule has 0 fully saturated rings. The van der Waals surface area contributed by atoms with Crippen LogP contribution in [0.2, 0.25) is 0 Å². The van der Waals surface area contributed by atoms with Crippen molar-refractivity contribution >= 4 is 6.01 Å². The van der Waals surface area contributed by atoms with Crippen molar-refractivity contribution in [3.8, 4) is 11.5 Å². The zero-order chi connectivity index (χ0) is 10.8. The SMILES string of the molecule is CNc1nnc(-c2ccc(C)c(F)c2)o1. The molecule has 1 heterocycles. The molecule has 2 rings (SSSR count). The quantitative estimate of drug-likeness (QED) is 0.820. The topological polar surface area (TPSA) is 51.0 Å². The number of hydrogen-bond donors (Lipinski definition) is 1. The Kier molecular flexibility index (Phi) is 2.37. The Morgan fingerprint density at radius 3 is 2.73 bits per heavy atom. The number of nitrogens with zero attached hydrogens (tertiary/aromatic N) is 2. The van der Waals surface area contributed by atoms with Crippen LogP contribution < -0.4 is 5.32 Å². The highest BCUT2D eigenvalue weighted by Crippen LogP contribution is 2.21. The second-order valence-corrected chi connectivity index (χ2v) is 3.13. The molecule has 4 nitrogen and oxygen atoms in total. The van der Waals surface area contributed by atoms with E-state index in [4.69, 9.17) is 4.42 Å². The van der Waals surface area contributed by atoms with E-state index in [9.17, 15) is 4.39 Å². The normalized spacial score (nSPS) is 10.3. The molecule has 0 aliphatic rings. The van der Waals surface area contributed by atoms with Gasteiger partial charge in [0.1, 0.15) is 5.82 Å². The summed E-state index contributed by atoms with van der Waals surface area (Å²) in [6.45, 7) is 1.70. The highest BCUT2D eigenvalue weighted by molar-refractivity contribution is 5.54. The fourth-order valence-electron chi connectivity index (χ4n) is 1.17. The average molecular weight is 207 g/mol. The summed E-state index contributed by atoms with van der Waals surface area (Å²) in [6.07, 6.45) is 0. The van der Waals surface area contributed by atoms with Crippen LogP contribution in [0.5, 0.6) is 0 Å². The van der Waals surface area contributed by atoms with Crippen molar-refractivity contribution < 1.29 is 8.81 Å². The van der Waals surface area contributed by atoms with Crippen LogP contribution in [0.25, 0.3) is 11.5 Å². The van der Waals surface area contributed by atoms with Crippen LogP contribution in [0.3, 0.4) is 0 Å². The van der Waals surface area contributed by atoms with Gasteiger partial charge in [0.05, 0.1) is 0 Å². The van der Waals surface area contributed by atoms with Crippen LogP contribution in [0.1, 0.15) is 5.56 Å². The smallest absolute Gasteiger partial charge is 0.315 e. The summed E-state index contributed by atoms with van der Waals surface area (Å²) in [7, 11) is 1.67. The van der Waals surface area contributed by atoms with Gasteiger partial charge in [-0.1, -0.05) is 11.2 Å². The minimum atomic E-state index is -0.281. The molecule has 1 N–H and O–H groups in total. The van der Waals surface area contributed by atoms with Crippen molar-refractivity contribution in [2.45, 2.75) is 6.92 Å². The molecule has 0 atom stereocenters. The van der Waals surface area contributed by atoms with E-state index in [1.165, 1.54) is 6.07 Å². The summed E-state index contributed by atoms with van der Waals surface area (Å²) in [5.74, 6) is 0.0231. The van der Waals surface area contributed by atoms with Crippen molar-refractivity contribution in [3.05, 3.63) is 29.6 Å². The summed E-state index contributed by atoms with van der Waals surface area (Å²) < 4.78 is 18.5. The fourth-order valence-corrected chi connectivity index (χ4v) is 1.17. The summed E-state index contributed by atoms with van der Waals surface area (Å²) in [5, 5.41) is 10.2. The van der Waals surface area contributed by atoms with E-state index in [0.29, 0.717) is 23.0 Å². The molecule has 0 bridgehead atoms. The van der Waals surface area contributed by atoms with Crippen LogP contribution >= 0.6 is 0 Å². The summed E-state index contributed by atoms with van der Waals surface area (Å²) in [6, 6.07) is 5.10. The molecule has 0 spiro atoms. The highest BCUT2D eigenvalue weighted by atomic mass is 19.1. The molecular weight excluding hydrogens is 197 g/mol. The molecule has 0 aliphatic carbocycles. The maximum atomic E-state index is 13.2. The van der Waals surface area contributed by atoms with Gasteiger partial charge in [0.25, 0.3) is 0 Å². The molecule has 0 radical (unpaired) electrons. The summed E-state index contributed by atoms with van der Waals surface area (Å²) >= 11 is 0. The predicted octanol–water partition coefficient (Wildman–Crippen LogP) is 2.23. The van der Waals surface area contributed by atoms with Crippen molar-refractivity contribution in [2.24, 2.45) is 0 Å². The minimum absolute atomic E-state index is 0.281. The van der Waals surface area contributed by atoms with Crippen molar-refractivity contribution in [2.75, 3.05) is 12.4 Å². The monoisotopic (exact) mass is 207 g/mol. The van der Waals surface area contributed by atoms with Crippen molar-refractivity contribution in [1.82, 2.24) is 10.2 Å². The molecule has 1 aromatic heterocycles. The average Bonchev–Trinajstić information content (AvgIpc) is 2.70. The largest absolute Gasteiger partial charge is 0.403 e. The molecule has 0 saturated carbocycles. The van der Waals surface area contributed by atoms with Crippen LogP contribution in [0, 0.1) is 12.7 Å². The number of anilines is 1. The van der Waals surface area contributed by atoms with Gasteiger partial charge in [0.2, 0.25) is 5.89 Å². The first-order valence-electron chi connectivity index (χ1n) is 4.48. The van der Waals surface area contributed by atoms with E-state index in [0.717, 1.165) is 0 Å². The van der Waals surface area contributed by atoms with Gasteiger partial charge in [-0.05, 0) is 24.6 Å². The van der Waals surface area contributed by atoms with Gasteiger partial charge in [-0.3, -0.25) is 0 Å². The lowest BCUT2D eigenvalue weighted by Crippen LogP contribution is -1.85. The number of halogens is 1. The Morgan fingerprint density at radius 2 is 2.13 bits per heavy atom. The maximum Gasteiger partial charge on any atom is 0.315 e. The highest BCUT2D eigenvalue weighted by Gasteiger charge is 2.08. The molecule has 0 aliphatic heterocycles. The third kappa shape index (κ3) is 1.81. The maximum absolute atomic E-state index is 13.2. The lowest BCUT2D eigenvalue weighted by atomic mass is 10.1. The number of nitrogens with one attached hydrogen (secondary N) is 1. The van der Waals surface area contributed by atoms with Gasteiger partial charge in [-0.25, -0.2) is 4.39 Å². The van der Waals surface area contributed by atoms with Crippen LogP contribution in [0.4, 0.5) is 10.4 Å². The van der Waals surface area contributed by atoms with E-state index in [2.05, 4.69) is 15.5 Å². The zero-order valence-corrected chi connectivity index (χ0v) is 8.41. The molecule has 5 heteroatoms. The van der Waals surface area contributed by atoms with E-state index in [-0.39, 0.29) is 5.82 Å². The van der Waals surface area contributed by atoms with Gasteiger partial charge in [-0.2, -0.15) is 0 Å². The van der Waals surface area contributed by atoms with Crippen LogP contribution in [0.15, 0.2) is 22.6 Å². The van der Waals surface area contributed by atoms with Crippen molar-refractivity contribution in [3.63, 3.8) is 0 Å². The third-order valence-electron chi connectivity index (χ3n) is 2.06. The molecule has 78 valence electrons. The lowest BCUT2D eigenvalue weighted by molar-refractivity contribution is 0.582. The lowest BCUT2D eigenvalue weighted by Gasteiger charge is -1.97. The molecule has 0 saturated heterocycles. The van der Waals surface area contributed by atoms with Gasteiger partial charge in [0.15, 0.2) is 0 Å². The van der Waals surface area contributed by atoms with Crippen LogP contribution in [-0.4, -0.2) is 17.2 Å². The number of rotatable bonds is 2. The third-order valence-corrected chi connectivity index (χ3v) is 2.06. The van der Waals surface area contributed by atoms with Gasteiger partial charge < -0.3 is 9.73 Å². The number of aryl methyl sites for hydroxylation is 1. The first-order valence-corrected chi connectivity index (χ1v) is 4.48. The first-order chi connectivity index (χ1) is 7.20. The molecule has 1 aromatic carbocycles. The second kappa shape index (κ2) is 3.68. The first kappa shape index (κ1) is 9.64. The summed E-state index contributed by atoms with van der Waals surface area (Å²) in [5.41, 5.74) is 1.17. The molecule has 0 unspecified atom stereocenters. The molecule has 0 amide bonds. The number of benzene rings is 1. The Hall–Kier alpha value is -1.91.